The van der Waals surface area contributed by atoms with Gasteiger partial charge in [0.15, 0.2) is 0 Å². The van der Waals surface area contributed by atoms with Gasteiger partial charge in [0.2, 0.25) is 11.8 Å². The van der Waals surface area contributed by atoms with E-state index in [-0.39, 0.29) is 36.6 Å². The molecule has 0 spiro atoms. The standard InChI is InChI=1S/C32H37FN2O2S/c33-29-19-11-10-16-27(29)23-35(31(36)20-21-38-24-26-14-6-2-7-15-26)30(22-25-12-4-1-5-13-25)32(37)34-28-17-8-3-9-18-28/h1-2,4-7,10-16,19,28,30H,3,8-9,17-18,20-24H2,(H,34,37)/t30-/m0/s1. The van der Waals surface area contributed by atoms with Crippen molar-refractivity contribution in [3.8, 4) is 0 Å². The third-order valence-corrected chi connectivity index (χ3v) is 8.12. The van der Waals surface area contributed by atoms with E-state index in [9.17, 15) is 14.0 Å². The minimum Gasteiger partial charge on any atom is -0.352 e. The summed E-state index contributed by atoms with van der Waals surface area (Å²) in [4.78, 5) is 29.1. The van der Waals surface area contributed by atoms with Gasteiger partial charge in [-0.2, -0.15) is 11.8 Å². The first-order valence-corrected chi connectivity index (χ1v) is 14.7. The number of amides is 2. The summed E-state index contributed by atoms with van der Waals surface area (Å²) in [6, 6.07) is 25.8. The minimum absolute atomic E-state index is 0.0600. The molecular formula is C32H37FN2O2S. The van der Waals surface area contributed by atoms with E-state index in [1.54, 1.807) is 34.9 Å². The van der Waals surface area contributed by atoms with Crippen molar-refractivity contribution < 1.29 is 14.0 Å². The minimum atomic E-state index is -0.717. The maximum absolute atomic E-state index is 14.7. The molecule has 4 nitrogen and oxygen atoms in total. The number of hydrogen-bond acceptors (Lipinski definition) is 3. The number of halogens is 1. The topological polar surface area (TPSA) is 49.4 Å². The summed E-state index contributed by atoms with van der Waals surface area (Å²) in [6.45, 7) is 0.0600. The van der Waals surface area contributed by atoms with E-state index in [1.807, 2.05) is 48.5 Å². The zero-order valence-corrected chi connectivity index (χ0v) is 22.7. The van der Waals surface area contributed by atoms with Crippen molar-refractivity contribution in [3.63, 3.8) is 0 Å². The number of nitrogens with zero attached hydrogens (tertiary/aromatic N) is 1. The molecule has 0 aliphatic heterocycles. The van der Waals surface area contributed by atoms with Gasteiger partial charge in [0.25, 0.3) is 0 Å². The van der Waals surface area contributed by atoms with Gasteiger partial charge in [-0.25, -0.2) is 4.39 Å². The van der Waals surface area contributed by atoms with Crippen LogP contribution in [-0.4, -0.2) is 34.6 Å². The summed E-state index contributed by atoms with van der Waals surface area (Å²) < 4.78 is 14.7. The zero-order chi connectivity index (χ0) is 26.6. The van der Waals surface area contributed by atoms with Crippen molar-refractivity contribution in [2.75, 3.05) is 5.75 Å². The third-order valence-electron chi connectivity index (χ3n) is 7.09. The number of carbonyl (C=O) groups excluding carboxylic acids is 2. The highest BCUT2D eigenvalue weighted by Crippen LogP contribution is 2.22. The molecule has 3 aromatic rings. The van der Waals surface area contributed by atoms with E-state index in [0.717, 1.165) is 37.0 Å². The Morgan fingerprint density at radius 1 is 0.868 bits per heavy atom. The lowest BCUT2D eigenvalue weighted by Gasteiger charge is -2.33. The van der Waals surface area contributed by atoms with Crippen LogP contribution in [0.15, 0.2) is 84.9 Å². The number of nitrogens with one attached hydrogen (secondary N) is 1. The van der Waals surface area contributed by atoms with Gasteiger partial charge in [0.1, 0.15) is 11.9 Å². The van der Waals surface area contributed by atoms with E-state index in [2.05, 4.69) is 17.4 Å². The van der Waals surface area contributed by atoms with Crippen LogP contribution in [0.5, 0.6) is 0 Å². The van der Waals surface area contributed by atoms with E-state index in [1.165, 1.54) is 18.1 Å². The van der Waals surface area contributed by atoms with E-state index in [0.29, 0.717) is 17.7 Å². The normalized spacial score (nSPS) is 14.6. The molecule has 4 rings (SSSR count). The van der Waals surface area contributed by atoms with Crippen molar-refractivity contribution in [3.05, 3.63) is 107 Å². The molecular weight excluding hydrogens is 495 g/mol. The average molecular weight is 533 g/mol. The first kappa shape index (κ1) is 27.9. The Balaban J connectivity index is 1.53. The van der Waals surface area contributed by atoms with Crippen LogP contribution < -0.4 is 5.32 Å². The smallest absolute Gasteiger partial charge is 0.243 e. The SMILES string of the molecule is O=C(NC1CCCCC1)[C@H](Cc1ccccc1)N(Cc1ccccc1F)C(=O)CCSCc1ccccc1. The highest BCUT2D eigenvalue weighted by molar-refractivity contribution is 7.98. The van der Waals surface area contributed by atoms with Crippen LogP contribution in [-0.2, 0) is 28.3 Å². The Morgan fingerprint density at radius 3 is 2.18 bits per heavy atom. The average Bonchev–Trinajstić information content (AvgIpc) is 2.95. The molecule has 1 fully saturated rings. The molecule has 1 N–H and O–H groups in total. The highest BCUT2D eigenvalue weighted by Gasteiger charge is 2.32. The summed E-state index contributed by atoms with van der Waals surface area (Å²) in [7, 11) is 0. The zero-order valence-electron chi connectivity index (χ0n) is 21.9. The number of carbonyl (C=O) groups is 2. The Bertz CT molecular complexity index is 1150. The van der Waals surface area contributed by atoms with Crippen LogP contribution in [0.2, 0.25) is 0 Å². The molecule has 0 saturated heterocycles. The monoisotopic (exact) mass is 532 g/mol. The first-order chi connectivity index (χ1) is 18.6. The second-order valence-electron chi connectivity index (χ2n) is 9.95. The number of thioether (sulfide) groups is 1. The number of rotatable bonds is 12. The molecule has 0 aromatic heterocycles. The van der Waals surface area contributed by atoms with Crippen LogP contribution in [0.1, 0.15) is 55.2 Å². The van der Waals surface area contributed by atoms with Crippen LogP contribution in [0, 0.1) is 5.82 Å². The summed E-state index contributed by atoms with van der Waals surface area (Å²) in [5.74, 6) is 0.798. The van der Waals surface area contributed by atoms with Crippen molar-refractivity contribution >= 4 is 23.6 Å². The number of hydrogen-bond donors (Lipinski definition) is 1. The van der Waals surface area contributed by atoms with Crippen molar-refractivity contribution in [2.45, 2.75) is 69.3 Å². The fraction of sp³-hybridized carbons (Fsp3) is 0.375. The molecule has 200 valence electrons. The Morgan fingerprint density at radius 2 is 1.50 bits per heavy atom. The molecule has 1 atom stereocenters. The Hall–Kier alpha value is -3.12. The lowest BCUT2D eigenvalue weighted by Crippen LogP contribution is -2.53. The largest absolute Gasteiger partial charge is 0.352 e. The molecule has 0 heterocycles. The molecule has 0 bridgehead atoms. The Kier molecular flexibility index (Phi) is 10.8. The van der Waals surface area contributed by atoms with Gasteiger partial charge < -0.3 is 10.2 Å². The number of benzene rings is 3. The van der Waals surface area contributed by atoms with Gasteiger partial charge in [-0.1, -0.05) is 98.1 Å². The molecule has 38 heavy (non-hydrogen) atoms. The van der Waals surface area contributed by atoms with Crippen molar-refractivity contribution in [1.82, 2.24) is 10.2 Å². The van der Waals surface area contributed by atoms with E-state index in [4.69, 9.17) is 0 Å². The third kappa shape index (κ3) is 8.45. The maximum atomic E-state index is 14.7. The van der Waals surface area contributed by atoms with Gasteiger partial charge in [-0.15, -0.1) is 0 Å². The van der Waals surface area contributed by atoms with Gasteiger partial charge >= 0.3 is 0 Å². The summed E-state index contributed by atoms with van der Waals surface area (Å²) >= 11 is 1.69. The van der Waals surface area contributed by atoms with Gasteiger partial charge in [0.05, 0.1) is 0 Å². The lowest BCUT2D eigenvalue weighted by atomic mass is 9.94. The second kappa shape index (κ2) is 14.7. The molecule has 0 unspecified atom stereocenters. The fourth-order valence-corrected chi connectivity index (χ4v) is 5.87. The van der Waals surface area contributed by atoms with Crippen molar-refractivity contribution in [2.24, 2.45) is 0 Å². The molecule has 1 saturated carbocycles. The van der Waals surface area contributed by atoms with Crippen molar-refractivity contribution in [1.29, 1.82) is 0 Å². The highest BCUT2D eigenvalue weighted by atomic mass is 32.2. The molecule has 0 radical (unpaired) electrons. The summed E-state index contributed by atoms with van der Waals surface area (Å²) in [6.07, 6.45) is 5.99. The second-order valence-corrected chi connectivity index (χ2v) is 11.1. The van der Waals surface area contributed by atoms with Crippen LogP contribution in [0.4, 0.5) is 4.39 Å². The van der Waals surface area contributed by atoms with Gasteiger partial charge in [-0.3, -0.25) is 9.59 Å². The molecule has 2 amide bonds. The lowest BCUT2D eigenvalue weighted by molar-refractivity contribution is -0.141. The predicted molar refractivity (Wildman–Crippen MR) is 153 cm³/mol. The quantitative estimate of drug-likeness (QED) is 0.270. The van der Waals surface area contributed by atoms with Gasteiger partial charge in [-0.05, 0) is 30.0 Å². The van der Waals surface area contributed by atoms with E-state index >= 15 is 0 Å². The molecule has 6 heteroatoms. The fourth-order valence-electron chi connectivity index (χ4n) is 4.98. The molecule has 3 aromatic carbocycles. The van der Waals surface area contributed by atoms with Crippen LogP contribution >= 0.6 is 11.8 Å². The molecule has 1 aliphatic rings. The van der Waals surface area contributed by atoms with Crippen LogP contribution in [0.25, 0.3) is 0 Å². The van der Waals surface area contributed by atoms with Gasteiger partial charge in [0, 0.05) is 42.5 Å². The Labute approximate surface area is 230 Å². The van der Waals surface area contributed by atoms with E-state index < -0.39 is 6.04 Å². The molecule has 1 aliphatic carbocycles. The predicted octanol–water partition coefficient (Wildman–Crippen LogP) is 6.54. The maximum Gasteiger partial charge on any atom is 0.243 e. The first-order valence-electron chi connectivity index (χ1n) is 13.6. The summed E-state index contributed by atoms with van der Waals surface area (Å²) in [5, 5.41) is 3.23. The van der Waals surface area contributed by atoms with Crippen LogP contribution in [0.3, 0.4) is 0 Å². The summed E-state index contributed by atoms with van der Waals surface area (Å²) in [5.41, 5.74) is 2.60.